The largest absolute Gasteiger partial charge is 0.360 e. The van der Waals surface area contributed by atoms with E-state index in [-0.39, 0.29) is 22.8 Å². The number of carbonyl (C=O) groups is 1. The molecule has 3 N–H and O–H groups in total. The number of rotatable bonds is 3. The van der Waals surface area contributed by atoms with Crippen molar-refractivity contribution in [1.82, 2.24) is 25.9 Å². The number of H-pyrrole nitrogens is 1. The molecule has 0 spiro atoms. The molecule has 0 atom stereocenters. The molecule has 0 aliphatic carbocycles. The maximum absolute atomic E-state index is 12.1. The van der Waals surface area contributed by atoms with Gasteiger partial charge in [-0.1, -0.05) is 0 Å². The monoisotopic (exact) mass is 309 g/mol. The molecule has 1 amide bonds. The zero-order valence-electron chi connectivity index (χ0n) is 12.7. The number of carbonyl (C=O) groups excluding carboxylic acids is 1. The number of aromatic amines is 1. The highest BCUT2D eigenvalue weighted by Gasteiger charge is 2.29. The summed E-state index contributed by atoms with van der Waals surface area (Å²) >= 11 is 0. The number of anilines is 1. The van der Waals surface area contributed by atoms with Gasteiger partial charge < -0.3 is 10.6 Å². The Morgan fingerprint density at radius 3 is 3.00 bits per heavy atom. The summed E-state index contributed by atoms with van der Waals surface area (Å²) in [5, 5.41) is 28.4. The van der Waals surface area contributed by atoms with Crippen LogP contribution in [0.25, 0.3) is 5.57 Å². The third-order valence-corrected chi connectivity index (χ3v) is 3.52. The first kappa shape index (κ1) is 14.7. The highest BCUT2D eigenvalue weighted by molar-refractivity contribution is 5.97. The second kappa shape index (κ2) is 5.53. The van der Waals surface area contributed by atoms with Gasteiger partial charge in [0.2, 0.25) is 5.82 Å². The maximum Gasteiger partial charge on any atom is 0.251 e. The van der Waals surface area contributed by atoms with E-state index in [2.05, 4.69) is 31.3 Å². The Balaban J connectivity index is 1.86. The van der Waals surface area contributed by atoms with Crippen LogP contribution >= 0.6 is 0 Å². The molecule has 0 unspecified atom stereocenters. The number of hydrogen-bond acceptors (Lipinski definition) is 6. The number of benzene rings is 1. The van der Waals surface area contributed by atoms with E-state index in [0.717, 1.165) is 17.7 Å². The van der Waals surface area contributed by atoms with Crippen LogP contribution in [0.4, 0.5) is 5.69 Å². The summed E-state index contributed by atoms with van der Waals surface area (Å²) in [6.07, 6.45) is 2.25. The molecule has 0 saturated carbocycles. The zero-order valence-corrected chi connectivity index (χ0v) is 12.7. The summed E-state index contributed by atoms with van der Waals surface area (Å²) in [5.74, 6) is 0.154. The summed E-state index contributed by atoms with van der Waals surface area (Å²) < 4.78 is 0. The highest BCUT2D eigenvalue weighted by Crippen LogP contribution is 2.25. The van der Waals surface area contributed by atoms with Crippen molar-refractivity contribution in [1.29, 1.82) is 5.26 Å². The molecule has 1 aliphatic heterocycles. The van der Waals surface area contributed by atoms with Gasteiger partial charge in [-0.25, -0.2) is 0 Å². The van der Waals surface area contributed by atoms with E-state index in [4.69, 9.17) is 5.26 Å². The summed E-state index contributed by atoms with van der Waals surface area (Å²) in [7, 11) is 0. The van der Waals surface area contributed by atoms with Gasteiger partial charge in [0.15, 0.2) is 0 Å². The smallest absolute Gasteiger partial charge is 0.251 e. The zero-order chi connectivity index (χ0) is 16.4. The van der Waals surface area contributed by atoms with E-state index < -0.39 is 0 Å². The normalized spacial score (nSPS) is 16.2. The lowest BCUT2D eigenvalue weighted by Crippen LogP contribution is -2.49. The van der Waals surface area contributed by atoms with Crippen LogP contribution in [0.3, 0.4) is 0 Å². The van der Waals surface area contributed by atoms with E-state index in [1.807, 2.05) is 26.0 Å². The summed E-state index contributed by atoms with van der Waals surface area (Å²) in [6.45, 7) is 3.97. The van der Waals surface area contributed by atoms with E-state index in [0.29, 0.717) is 5.56 Å². The first-order chi connectivity index (χ1) is 11.0. The average molecular weight is 309 g/mol. The molecule has 0 bridgehead atoms. The SMILES string of the molecule is CC1(C)Cc2cc(NC=C(C#N)c3nn[nH]n3)ccc2C(=O)N1. The van der Waals surface area contributed by atoms with Crippen LogP contribution in [0.15, 0.2) is 24.4 Å². The summed E-state index contributed by atoms with van der Waals surface area (Å²) in [6, 6.07) is 7.49. The fraction of sp³-hybridized carbons (Fsp3) is 0.267. The van der Waals surface area contributed by atoms with Crippen LogP contribution in [0.2, 0.25) is 0 Å². The summed E-state index contributed by atoms with van der Waals surface area (Å²) in [5.41, 5.74) is 2.41. The number of nitrogens with zero attached hydrogens (tertiary/aromatic N) is 4. The Bertz CT molecular complexity index is 815. The van der Waals surface area contributed by atoms with E-state index in [9.17, 15) is 4.79 Å². The molecule has 3 rings (SSSR count). The number of fused-ring (bicyclic) bond motifs is 1. The van der Waals surface area contributed by atoms with Gasteiger partial charge in [-0.3, -0.25) is 4.79 Å². The molecule has 8 nitrogen and oxygen atoms in total. The minimum absolute atomic E-state index is 0.0668. The second-order valence-electron chi connectivity index (χ2n) is 5.94. The van der Waals surface area contributed by atoms with Crippen molar-refractivity contribution in [2.75, 3.05) is 5.32 Å². The van der Waals surface area contributed by atoms with Crippen molar-refractivity contribution in [3.8, 4) is 6.07 Å². The van der Waals surface area contributed by atoms with Gasteiger partial charge in [0.1, 0.15) is 11.6 Å². The molecule has 116 valence electrons. The van der Waals surface area contributed by atoms with Gasteiger partial charge in [0, 0.05) is 23.0 Å². The Morgan fingerprint density at radius 2 is 2.30 bits per heavy atom. The number of allylic oxidation sites excluding steroid dienone is 1. The number of aromatic nitrogens is 4. The van der Waals surface area contributed by atoms with Crippen LogP contribution in [0, 0.1) is 11.3 Å². The Morgan fingerprint density at radius 1 is 1.48 bits per heavy atom. The molecule has 0 fully saturated rings. The van der Waals surface area contributed by atoms with E-state index in [1.54, 1.807) is 12.1 Å². The van der Waals surface area contributed by atoms with Crippen molar-refractivity contribution in [3.63, 3.8) is 0 Å². The first-order valence-corrected chi connectivity index (χ1v) is 7.04. The molecule has 1 aromatic carbocycles. The Kier molecular flexibility index (Phi) is 3.54. The molecule has 1 aliphatic rings. The molecule has 2 heterocycles. The van der Waals surface area contributed by atoms with Gasteiger partial charge >= 0.3 is 0 Å². The van der Waals surface area contributed by atoms with Gasteiger partial charge in [-0.15, -0.1) is 10.2 Å². The Hall–Kier alpha value is -3.21. The van der Waals surface area contributed by atoms with Crippen LogP contribution in [0.1, 0.15) is 35.6 Å². The minimum Gasteiger partial charge on any atom is -0.360 e. The molecule has 8 heteroatoms. The molecule has 0 saturated heterocycles. The molecule has 0 radical (unpaired) electrons. The Labute approximate surface area is 132 Å². The quantitative estimate of drug-likeness (QED) is 0.734. The molecule has 1 aromatic heterocycles. The second-order valence-corrected chi connectivity index (χ2v) is 5.94. The number of amides is 1. The third-order valence-electron chi connectivity index (χ3n) is 3.52. The molecule has 2 aromatic rings. The van der Waals surface area contributed by atoms with Crippen molar-refractivity contribution in [2.45, 2.75) is 25.8 Å². The standard InChI is InChI=1S/C15H15N7O/c1-15(2)6-9-5-11(3-4-12(9)14(23)18-15)17-8-10(7-16)13-19-21-22-20-13/h3-5,8,17H,6H2,1-2H3,(H,18,23)(H,19,20,21,22). The van der Waals surface area contributed by atoms with Crippen LogP contribution in [-0.2, 0) is 6.42 Å². The number of nitrogens with one attached hydrogen (secondary N) is 3. The van der Waals surface area contributed by atoms with Crippen molar-refractivity contribution >= 4 is 17.2 Å². The van der Waals surface area contributed by atoms with E-state index in [1.165, 1.54) is 6.20 Å². The van der Waals surface area contributed by atoms with Crippen molar-refractivity contribution in [2.24, 2.45) is 0 Å². The van der Waals surface area contributed by atoms with Crippen molar-refractivity contribution in [3.05, 3.63) is 41.4 Å². The highest BCUT2D eigenvalue weighted by atomic mass is 16.1. The summed E-state index contributed by atoms with van der Waals surface area (Å²) in [4.78, 5) is 12.1. The number of nitriles is 1. The van der Waals surface area contributed by atoms with Crippen molar-refractivity contribution < 1.29 is 4.79 Å². The van der Waals surface area contributed by atoms with Gasteiger partial charge in [-0.05, 0) is 49.2 Å². The molecular weight excluding hydrogens is 294 g/mol. The minimum atomic E-state index is -0.277. The fourth-order valence-electron chi connectivity index (χ4n) is 2.52. The van der Waals surface area contributed by atoms with Gasteiger partial charge in [0.25, 0.3) is 5.91 Å². The first-order valence-electron chi connectivity index (χ1n) is 7.04. The number of hydrogen-bond donors (Lipinski definition) is 3. The third kappa shape index (κ3) is 3.03. The van der Waals surface area contributed by atoms with Gasteiger partial charge in [-0.2, -0.15) is 10.5 Å². The van der Waals surface area contributed by atoms with Gasteiger partial charge in [0.05, 0.1) is 0 Å². The fourth-order valence-corrected chi connectivity index (χ4v) is 2.52. The van der Waals surface area contributed by atoms with Crippen LogP contribution in [-0.4, -0.2) is 32.1 Å². The average Bonchev–Trinajstić information content (AvgIpc) is 3.00. The predicted molar refractivity (Wildman–Crippen MR) is 83.1 cm³/mol. The number of tetrazole rings is 1. The lowest BCUT2D eigenvalue weighted by atomic mass is 9.87. The molecular formula is C15H15N7O. The van der Waals surface area contributed by atoms with Crippen LogP contribution < -0.4 is 10.6 Å². The lowest BCUT2D eigenvalue weighted by molar-refractivity contribution is 0.0897. The van der Waals surface area contributed by atoms with Crippen LogP contribution in [0.5, 0.6) is 0 Å². The van der Waals surface area contributed by atoms with E-state index >= 15 is 0 Å². The lowest BCUT2D eigenvalue weighted by Gasteiger charge is -2.32. The molecule has 23 heavy (non-hydrogen) atoms. The maximum atomic E-state index is 12.1. The topological polar surface area (TPSA) is 119 Å². The predicted octanol–water partition coefficient (Wildman–Crippen LogP) is 1.24.